The molecule has 0 bridgehead atoms. The lowest BCUT2D eigenvalue weighted by atomic mass is 9.78. The van der Waals surface area contributed by atoms with Crippen LogP contribution in [0.25, 0.3) is 0 Å². The fraction of sp³-hybridized carbons (Fsp3) is 0.875. The van der Waals surface area contributed by atoms with Crippen molar-refractivity contribution in [2.45, 2.75) is 64.2 Å². The van der Waals surface area contributed by atoms with Gasteiger partial charge in [0.15, 0.2) is 0 Å². The van der Waals surface area contributed by atoms with Crippen LogP contribution in [-0.2, 0) is 9.59 Å². The van der Waals surface area contributed by atoms with E-state index in [0.29, 0.717) is 13.0 Å². The van der Waals surface area contributed by atoms with Gasteiger partial charge in [0, 0.05) is 6.54 Å². The van der Waals surface area contributed by atoms with Crippen LogP contribution in [0.2, 0.25) is 0 Å². The molecular weight excluding hydrogens is 254 g/mol. The molecule has 0 aromatic carbocycles. The fourth-order valence-corrected chi connectivity index (χ4v) is 3.75. The number of amides is 1. The Kier molecular flexibility index (Phi) is 5.86. The lowest BCUT2D eigenvalue weighted by Crippen LogP contribution is -2.40. The van der Waals surface area contributed by atoms with E-state index in [1.54, 1.807) is 0 Å². The quantitative estimate of drug-likeness (QED) is 0.814. The minimum absolute atomic E-state index is 0.0343. The van der Waals surface area contributed by atoms with E-state index in [4.69, 9.17) is 0 Å². The molecule has 2 fully saturated rings. The fourth-order valence-electron chi connectivity index (χ4n) is 3.75. The van der Waals surface area contributed by atoms with Crippen molar-refractivity contribution in [1.82, 2.24) is 5.32 Å². The lowest BCUT2D eigenvalue weighted by Gasteiger charge is -2.28. The molecule has 2 N–H and O–H groups in total. The number of aliphatic carboxylic acids is 1. The molecule has 2 aliphatic rings. The standard InChI is InChI=1S/C16H27NO3/c18-15(13-8-4-5-9-14(13)16(19)20)17-11-10-12-6-2-1-3-7-12/h12-14H,1-11H2,(H,17,18)(H,19,20)/t13-,14+/m1/s1. The molecule has 20 heavy (non-hydrogen) atoms. The largest absolute Gasteiger partial charge is 0.481 e. The molecule has 4 heteroatoms. The van der Waals surface area contributed by atoms with Gasteiger partial charge in [0.1, 0.15) is 0 Å². The number of nitrogens with one attached hydrogen (secondary N) is 1. The number of hydrogen-bond acceptors (Lipinski definition) is 2. The Labute approximate surface area is 121 Å². The van der Waals surface area contributed by atoms with Crippen LogP contribution in [0.4, 0.5) is 0 Å². The monoisotopic (exact) mass is 281 g/mol. The van der Waals surface area contributed by atoms with Crippen LogP contribution in [0.15, 0.2) is 0 Å². The van der Waals surface area contributed by atoms with Gasteiger partial charge >= 0.3 is 5.97 Å². The van der Waals surface area contributed by atoms with Crippen LogP contribution >= 0.6 is 0 Å². The average Bonchev–Trinajstić information content (AvgIpc) is 2.48. The summed E-state index contributed by atoms with van der Waals surface area (Å²) in [7, 11) is 0. The SMILES string of the molecule is O=C(O)[C@H]1CCCC[C@H]1C(=O)NCCC1CCCCC1. The van der Waals surface area contributed by atoms with Crippen LogP contribution in [-0.4, -0.2) is 23.5 Å². The molecule has 0 aliphatic heterocycles. The number of carboxylic acid groups (broad SMARTS) is 1. The Morgan fingerprint density at radius 1 is 0.900 bits per heavy atom. The molecule has 2 aliphatic carbocycles. The Bertz CT molecular complexity index is 337. The molecule has 4 nitrogen and oxygen atoms in total. The molecule has 0 spiro atoms. The Morgan fingerprint density at radius 2 is 1.50 bits per heavy atom. The van der Waals surface area contributed by atoms with E-state index < -0.39 is 11.9 Å². The van der Waals surface area contributed by atoms with Gasteiger partial charge in [-0.05, 0) is 25.2 Å². The Balaban J connectivity index is 1.73. The molecule has 0 aromatic rings. The van der Waals surface area contributed by atoms with Crippen molar-refractivity contribution in [1.29, 1.82) is 0 Å². The van der Waals surface area contributed by atoms with Crippen LogP contribution in [0.5, 0.6) is 0 Å². The Hall–Kier alpha value is -1.06. The molecule has 2 rings (SSSR count). The van der Waals surface area contributed by atoms with Crippen molar-refractivity contribution in [3.05, 3.63) is 0 Å². The predicted octanol–water partition coefficient (Wildman–Crippen LogP) is 2.96. The van der Waals surface area contributed by atoms with Crippen molar-refractivity contribution >= 4 is 11.9 Å². The Morgan fingerprint density at radius 3 is 2.15 bits per heavy atom. The summed E-state index contributed by atoms with van der Waals surface area (Å²) in [5.41, 5.74) is 0. The maximum atomic E-state index is 12.2. The van der Waals surface area contributed by atoms with Gasteiger partial charge < -0.3 is 10.4 Å². The lowest BCUT2D eigenvalue weighted by molar-refractivity contribution is -0.148. The third kappa shape index (κ3) is 4.22. The van der Waals surface area contributed by atoms with Gasteiger partial charge in [-0.25, -0.2) is 0 Å². The van der Waals surface area contributed by atoms with E-state index in [9.17, 15) is 14.7 Å². The molecule has 1 amide bonds. The molecule has 2 atom stereocenters. The zero-order chi connectivity index (χ0) is 14.4. The highest BCUT2D eigenvalue weighted by atomic mass is 16.4. The highest BCUT2D eigenvalue weighted by Crippen LogP contribution is 2.30. The number of carboxylic acids is 1. The topological polar surface area (TPSA) is 66.4 Å². The van der Waals surface area contributed by atoms with Crippen LogP contribution < -0.4 is 5.32 Å². The number of carbonyl (C=O) groups excluding carboxylic acids is 1. The summed E-state index contributed by atoms with van der Waals surface area (Å²) in [6.07, 6.45) is 10.9. The van der Waals surface area contributed by atoms with Crippen molar-refractivity contribution in [3.63, 3.8) is 0 Å². The minimum Gasteiger partial charge on any atom is -0.481 e. The third-order valence-corrected chi connectivity index (χ3v) is 5.00. The van der Waals surface area contributed by atoms with Gasteiger partial charge in [0.2, 0.25) is 5.91 Å². The first-order chi connectivity index (χ1) is 9.68. The summed E-state index contributed by atoms with van der Waals surface area (Å²) >= 11 is 0. The van der Waals surface area contributed by atoms with E-state index in [0.717, 1.165) is 31.6 Å². The second-order valence-electron chi connectivity index (χ2n) is 6.42. The van der Waals surface area contributed by atoms with Crippen LogP contribution in [0.1, 0.15) is 64.2 Å². The van der Waals surface area contributed by atoms with Gasteiger partial charge in [-0.3, -0.25) is 9.59 Å². The number of hydrogen-bond donors (Lipinski definition) is 2. The first kappa shape index (κ1) is 15.3. The van der Waals surface area contributed by atoms with Crippen molar-refractivity contribution in [2.75, 3.05) is 6.54 Å². The van der Waals surface area contributed by atoms with Crippen LogP contribution in [0.3, 0.4) is 0 Å². The third-order valence-electron chi connectivity index (χ3n) is 5.00. The molecule has 2 saturated carbocycles. The molecule has 0 saturated heterocycles. The van der Waals surface area contributed by atoms with E-state index in [2.05, 4.69) is 5.32 Å². The van der Waals surface area contributed by atoms with Crippen molar-refractivity contribution < 1.29 is 14.7 Å². The van der Waals surface area contributed by atoms with E-state index in [1.165, 1.54) is 32.1 Å². The maximum Gasteiger partial charge on any atom is 0.307 e. The molecule has 0 aromatic heterocycles. The zero-order valence-corrected chi connectivity index (χ0v) is 12.3. The van der Waals surface area contributed by atoms with E-state index in [-0.39, 0.29) is 11.8 Å². The second-order valence-corrected chi connectivity index (χ2v) is 6.42. The molecule has 0 unspecified atom stereocenters. The number of rotatable bonds is 5. The van der Waals surface area contributed by atoms with Gasteiger partial charge in [-0.15, -0.1) is 0 Å². The van der Waals surface area contributed by atoms with Gasteiger partial charge in [0.25, 0.3) is 0 Å². The van der Waals surface area contributed by atoms with Gasteiger partial charge in [-0.2, -0.15) is 0 Å². The molecule has 0 heterocycles. The van der Waals surface area contributed by atoms with E-state index in [1.807, 2.05) is 0 Å². The highest BCUT2D eigenvalue weighted by molar-refractivity contribution is 5.84. The van der Waals surface area contributed by atoms with Gasteiger partial charge in [0.05, 0.1) is 11.8 Å². The summed E-state index contributed by atoms with van der Waals surface area (Å²) in [5.74, 6) is -0.873. The number of carbonyl (C=O) groups is 2. The molecular formula is C16H27NO3. The summed E-state index contributed by atoms with van der Waals surface area (Å²) < 4.78 is 0. The average molecular weight is 281 g/mol. The minimum atomic E-state index is -0.808. The smallest absolute Gasteiger partial charge is 0.307 e. The predicted molar refractivity (Wildman–Crippen MR) is 77.3 cm³/mol. The van der Waals surface area contributed by atoms with E-state index >= 15 is 0 Å². The second kappa shape index (κ2) is 7.65. The van der Waals surface area contributed by atoms with Gasteiger partial charge in [-0.1, -0.05) is 44.9 Å². The van der Waals surface area contributed by atoms with Crippen molar-refractivity contribution in [2.24, 2.45) is 17.8 Å². The summed E-state index contributed by atoms with van der Waals surface area (Å²) in [4.78, 5) is 23.4. The normalized spacial score (nSPS) is 28.0. The summed E-state index contributed by atoms with van der Waals surface area (Å²) in [6, 6.07) is 0. The van der Waals surface area contributed by atoms with Crippen LogP contribution in [0, 0.1) is 17.8 Å². The first-order valence-corrected chi connectivity index (χ1v) is 8.19. The molecule has 0 radical (unpaired) electrons. The first-order valence-electron chi connectivity index (χ1n) is 8.19. The van der Waals surface area contributed by atoms with Crippen molar-refractivity contribution in [3.8, 4) is 0 Å². The maximum absolute atomic E-state index is 12.2. The highest BCUT2D eigenvalue weighted by Gasteiger charge is 2.35. The molecule has 114 valence electrons. The summed E-state index contributed by atoms with van der Waals surface area (Å²) in [5, 5.41) is 12.2. The zero-order valence-electron chi connectivity index (χ0n) is 12.3. The summed E-state index contributed by atoms with van der Waals surface area (Å²) in [6.45, 7) is 0.715.